The fourth-order valence-corrected chi connectivity index (χ4v) is 3.48. The molecule has 4 heteroatoms. The minimum atomic E-state index is 0.0851. The van der Waals surface area contributed by atoms with Crippen LogP contribution in [0.4, 0.5) is 5.82 Å². The highest BCUT2D eigenvalue weighted by molar-refractivity contribution is 8.00. The van der Waals surface area contributed by atoms with E-state index in [0.29, 0.717) is 17.2 Å². The molecular weight excluding hydrogens is 256 g/mol. The van der Waals surface area contributed by atoms with Crippen LogP contribution in [0.3, 0.4) is 0 Å². The van der Waals surface area contributed by atoms with Crippen LogP contribution in [-0.4, -0.2) is 33.7 Å². The van der Waals surface area contributed by atoms with Crippen LogP contribution >= 0.6 is 11.8 Å². The summed E-state index contributed by atoms with van der Waals surface area (Å²) in [6.45, 7) is 9.95. The Bertz CT molecular complexity index is 436. The van der Waals surface area contributed by atoms with Gasteiger partial charge in [-0.05, 0) is 30.5 Å². The predicted octanol–water partition coefficient (Wildman–Crippen LogP) is 3.03. The highest BCUT2D eigenvalue weighted by Gasteiger charge is 2.26. The summed E-state index contributed by atoms with van der Waals surface area (Å²) in [5, 5.41) is 10.1. The zero-order chi connectivity index (χ0) is 14.0. The number of anilines is 1. The lowest BCUT2D eigenvalue weighted by atomic mass is 10.1. The van der Waals surface area contributed by atoms with Gasteiger partial charge in [-0.2, -0.15) is 11.8 Å². The molecule has 19 heavy (non-hydrogen) atoms. The van der Waals surface area contributed by atoms with Gasteiger partial charge in [0.05, 0.1) is 6.61 Å². The van der Waals surface area contributed by atoms with E-state index in [0.717, 1.165) is 29.4 Å². The smallest absolute Gasteiger partial charge is 0.129 e. The molecule has 3 nitrogen and oxygen atoms in total. The lowest BCUT2D eigenvalue weighted by Crippen LogP contribution is -2.45. The molecule has 0 amide bonds. The van der Waals surface area contributed by atoms with Crippen molar-refractivity contribution < 1.29 is 5.11 Å². The molecule has 0 bridgehead atoms. The van der Waals surface area contributed by atoms with Gasteiger partial charge in [0.25, 0.3) is 0 Å². The molecule has 0 aromatic carbocycles. The van der Waals surface area contributed by atoms with Crippen LogP contribution in [0, 0.1) is 0 Å². The first-order valence-corrected chi connectivity index (χ1v) is 8.07. The van der Waals surface area contributed by atoms with Crippen LogP contribution in [0.5, 0.6) is 0 Å². The Hall–Kier alpha value is -0.740. The maximum Gasteiger partial charge on any atom is 0.129 e. The van der Waals surface area contributed by atoms with E-state index in [4.69, 9.17) is 4.98 Å². The number of aliphatic hydroxyl groups excluding tert-OH is 1. The van der Waals surface area contributed by atoms with Gasteiger partial charge >= 0.3 is 0 Å². The van der Waals surface area contributed by atoms with E-state index < -0.39 is 0 Å². The maximum atomic E-state index is 9.43. The predicted molar refractivity (Wildman–Crippen MR) is 83.0 cm³/mol. The molecule has 1 saturated heterocycles. The van der Waals surface area contributed by atoms with Gasteiger partial charge in [0.1, 0.15) is 5.82 Å². The summed E-state index contributed by atoms with van der Waals surface area (Å²) in [4.78, 5) is 7.18. The molecule has 1 aliphatic heterocycles. The highest BCUT2D eigenvalue weighted by atomic mass is 32.2. The highest BCUT2D eigenvalue weighted by Crippen LogP contribution is 2.29. The average molecular weight is 280 g/mol. The van der Waals surface area contributed by atoms with Crippen molar-refractivity contribution in [2.75, 3.05) is 17.2 Å². The summed E-state index contributed by atoms with van der Waals surface area (Å²) in [7, 11) is 0. The number of hydrogen-bond acceptors (Lipinski definition) is 4. The Labute approximate surface area is 120 Å². The quantitative estimate of drug-likeness (QED) is 0.923. The van der Waals surface area contributed by atoms with Crippen molar-refractivity contribution in [3.05, 3.63) is 23.4 Å². The number of thioether (sulfide) groups is 1. The number of pyridine rings is 1. The van der Waals surface area contributed by atoms with Gasteiger partial charge in [0, 0.05) is 29.3 Å². The molecule has 0 saturated carbocycles. The third-order valence-electron chi connectivity index (χ3n) is 3.84. The number of rotatable bonds is 3. The zero-order valence-corrected chi connectivity index (χ0v) is 13.1. The van der Waals surface area contributed by atoms with Crippen molar-refractivity contribution >= 4 is 17.6 Å². The Morgan fingerprint density at radius 3 is 2.79 bits per heavy atom. The molecule has 1 N–H and O–H groups in total. The molecule has 1 aromatic rings. The second-order valence-corrected chi connectivity index (χ2v) is 7.07. The second-order valence-electron chi connectivity index (χ2n) is 5.58. The molecule has 0 radical (unpaired) electrons. The normalized spacial score (nSPS) is 24.0. The summed E-state index contributed by atoms with van der Waals surface area (Å²) in [5.41, 5.74) is 2.03. The first-order chi connectivity index (χ1) is 9.02. The van der Waals surface area contributed by atoms with E-state index in [9.17, 15) is 5.11 Å². The Kier molecular flexibility index (Phi) is 4.74. The van der Waals surface area contributed by atoms with Gasteiger partial charge in [-0.25, -0.2) is 4.98 Å². The van der Waals surface area contributed by atoms with Crippen molar-refractivity contribution in [2.45, 2.75) is 51.5 Å². The number of aliphatic hydroxyl groups is 1. The lowest BCUT2D eigenvalue weighted by molar-refractivity contribution is 0.281. The standard InChI is InChI=1S/C15H24N2OS/c1-10(2)14-7-13(9-18)8-15(16-14)17-5-6-19-12(4)11(17)3/h7-8,10-12,18H,5-6,9H2,1-4H3. The third kappa shape index (κ3) is 3.23. The first kappa shape index (κ1) is 14.7. The van der Waals surface area contributed by atoms with Gasteiger partial charge < -0.3 is 10.0 Å². The van der Waals surface area contributed by atoms with Gasteiger partial charge in [-0.3, -0.25) is 0 Å². The Morgan fingerprint density at radius 2 is 2.16 bits per heavy atom. The molecule has 2 rings (SSSR count). The SMILES string of the molecule is CC(C)c1cc(CO)cc(N2CCSC(C)C2C)n1. The summed E-state index contributed by atoms with van der Waals surface area (Å²) in [5.74, 6) is 2.56. The van der Waals surface area contributed by atoms with E-state index in [1.54, 1.807) is 0 Å². The minimum Gasteiger partial charge on any atom is -0.392 e. The summed E-state index contributed by atoms with van der Waals surface area (Å²) < 4.78 is 0. The Morgan fingerprint density at radius 1 is 1.42 bits per heavy atom. The fraction of sp³-hybridized carbons (Fsp3) is 0.667. The van der Waals surface area contributed by atoms with E-state index in [1.165, 1.54) is 0 Å². The van der Waals surface area contributed by atoms with E-state index in [2.05, 4.69) is 32.6 Å². The molecule has 2 atom stereocenters. The van der Waals surface area contributed by atoms with Crippen molar-refractivity contribution in [1.82, 2.24) is 4.98 Å². The van der Waals surface area contributed by atoms with Crippen molar-refractivity contribution in [3.63, 3.8) is 0 Å². The van der Waals surface area contributed by atoms with Crippen LogP contribution in [0.15, 0.2) is 12.1 Å². The molecule has 2 unspecified atom stereocenters. The van der Waals surface area contributed by atoms with Crippen LogP contribution in [-0.2, 0) is 6.61 Å². The van der Waals surface area contributed by atoms with E-state index in [1.807, 2.05) is 23.9 Å². The lowest BCUT2D eigenvalue weighted by Gasteiger charge is -2.38. The van der Waals surface area contributed by atoms with Crippen LogP contribution in [0.1, 0.15) is 44.9 Å². The average Bonchev–Trinajstić information content (AvgIpc) is 2.41. The summed E-state index contributed by atoms with van der Waals surface area (Å²) >= 11 is 2.03. The molecule has 106 valence electrons. The van der Waals surface area contributed by atoms with Gasteiger partial charge in [0.15, 0.2) is 0 Å². The topological polar surface area (TPSA) is 36.4 Å². The van der Waals surface area contributed by atoms with Crippen molar-refractivity contribution in [2.24, 2.45) is 0 Å². The van der Waals surface area contributed by atoms with Crippen LogP contribution < -0.4 is 4.90 Å². The monoisotopic (exact) mass is 280 g/mol. The van der Waals surface area contributed by atoms with Crippen molar-refractivity contribution in [3.8, 4) is 0 Å². The first-order valence-electron chi connectivity index (χ1n) is 7.03. The van der Waals surface area contributed by atoms with E-state index in [-0.39, 0.29) is 6.61 Å². The number of hydrogen-bond donors (Lipinski definition) is 1. The van der Waals surface area contributed by atoms with Crippen molar-refractivity contribution in [1.29, 1.82) is 0 Å². The fourth-order valence-electron chi connectivity index (χ4n) is 2.38. The molecule has 2 heterocycles. The van der Waals surface area contributed by atoms with Crippen LogP contribution in [0.2, 0.25) is 0 Å². The number of aromatic nitrogens is 1. The summed E-state index contributed by atoms with van der Waals surface area (Å²) in [6, 6.07) is 4.53. The van der Waals surface area contributed by atoms with Gasteiger partial charge in [-0.15, -0.1) is 0 Å². The van der Waals surface area contributed by atoms with Gasteiger partial charge in [-0.1, -0.05) is 20.8 Å². The molecule has 1 aromatic heterocycles. The molecule has 1 fully saturated rings. The molecular formula is C15H24N2OS. The molecule has 1 aliphatic rings. The maximum absolute atomic E-state index is 9.43. The molecule has 0 aliphatic carbocycles. The van der Waals surface area contributed by atoms with E-state index >= 15 is 0 Å². The Balaban J connectivity index is 2.34. The second kappa shape index (κ2) is 6.14. The third-order valence-corrected chi connectivity index (χ3v) is 5.18. The minimum absolute atomic E-state index is 0.0851. The summed E-state index contributed by atoms with van der Waals surface area (Å²) in [6.07, 6.45) is 0. The number of nitrogens with zero attached hydrogens (tertiary/aromatic N) is 2. The zero-order valence-electron chi connectivity index (χ0n) is 12.3. The molecule has 0 spiro atoms. The largest absolute Gasteiger partial charge is 0.392 e. The van der Waals surface area contributed by atoms with Crippen LogP contribution in [0.25, 0.3) is 0 Å². The van der Waals surface area contributed by atoms with Gasteiger partial charge in [0.2, 0.25) is 0 Å².